The second-order valence-corrected chi connectivity index (χ2v) is 3.97. The van der Waals surface area contributed by atoms with Crippen LogP contribution in [-0.2, 0) is 6.42 Å². The molecule has 2 rings (SSSR count). The zero-order valence-electron chi connectivity index (χ0n) is 9.85. The molecule has 0 radical (unpaired) electrons. The number of amidine groups is 1. The lowest BCUT2D eigenvalue weighted by Crippen LogP contribution is -2.27. The van der Waals surface area contributed by atoms with Gasteiger partial charge in [-0.25, -0.2) is 0 Å². The zero-order chi connectivity index (χ0) is 10.7. The number of halogens is 2. The molecule has 1 aromatic carbocycles. The molecule has 96 valence electrons. The van der Waals surface area contributed by atoms with E-state index in [1.807, 2.05) is 0 Å². The molecule has 3 N–H and O–H groups in total. The summed E-state index contributed by atoms with van der Waals surface area (Å²) in [6.45, 7) is 3.72. The summed E-state index contributed by atoms with van der Waals surface area (Å²) in [6, 6.07) is 8.91. The number of rotatable bonds is 3. The number of hydrogen-bond donors (Lipinski definition) is 2. The Balaban J connectivity index is 0.00000128. The minimum atomic E-state index is 0. The van der Waals surface area contributed by atoms with Gasteiger partial charge in [0.2, 0.25) is 0 Å². The van der Waals surface area contributed by atoms with E-state index in [0.29, 0.717) is 12.6 Å². The van der Waals surface area contributed by atoms with E-state index in [4.69, 9.17) is 5.73 Å². The topological polar surface area (TPSA) is 50.4 Å². The Hall–Kier alpha value is -0.770. The van der Waals surface area contributed by atoms with Crippen LogP contribution in [0.5, 0.6) is 0 Å². The zero-order valence-corrected chi connectivity index (χ0v) is 11.5. The lowest BCUT2D eigenvalue weighted by molar-refractivity contribution is 0.726. The number of nitrogens with zero attached hydrogens (tertiary/aromatic N) is 1. The molecule has 0 bridgehead atoms. The van der Waals surface area contributed by atoms with Gasteiger partial charge in [0, 0.05) is 11.6 Å². The molecule has 17 heavy (non-hydrogen) atoms. The van der Waals surface area contributed by atoms with Crippen LogP contribution in [0.15, 0.2) is 29.3 Å². The number of benzene rings is 1. The molecule has 0 spiro atoms. The standard InChI is InChI=1S/C12H17N3.2ClH/c1-9-8-14-12(15-9)11-4-2-10(3-5-11)6-7-13;;/h2-5,9H,6-8,13H2,1H3,(H,14,15);2*1H. The van der Waals surface area contributed by atoms with E-state index in [-0.39, 0.29) is 24.8 Å². The van der Waals surface area contributed by atoms with Crippen molar-refractivity contribution in [3.05, 3.63) is 35.4 Å². The smallest absolute Gasteiger partial charge is 0.128 e. The maximum atomic E-state index is 5.50. The SMILES string of the molecule is CC1CN=C(c2ccc(CCN)cc2)N1.Cl.Cl. The van der Waals surface area contributed by atoms with E-state index in [9.17, 15) is 0 Å². The number of hydrogen-bond acceptors (Lipinski definition) is 3. The number of nitrogens with two attached hydrogens (primary N) is 1. The first-order valence-corrected chi connectivity index (χ1v) is 5.40. The Bertz CT molecular complexity index is 363. The fourth-order valence-corrected chi connectivity index (χ4v) is 1.72. The van der Waals surface area contributed by atoms with Crippen LogP contribution in [0.2, 0.25) is 0 Å². The van der Waals surface area contributed by atoms with Crippen LogP contribution < -0.4 is 11.1 Å². The molecule has 1 unspecified atom stereocenters. The van der Waals surface area contributed by atoms with Gasteiger partial charge >= 0.3 is 0 Å². The van der Waals surface area contributed by atoms with Crippen molar-refractivity contribution in [1.82, 2.24) is 5.32 Å². The monoisotopic (exact) mass is 275 g/mol. The Labute approximate surface area is 115 Å². The minimum Gasteiger partial charge on any atom is -0.366 e. The first-order valence-electron chi connectivity index (χ1n) is 5.40. The molecule has 1 aromatic rings. The van der Waals surface area contributed by atoms with Crippen molar-refractivity contribution in [2.24, 2.45) is 10.7 Å². The summed E-state index contributed by atoms with van der Waals surface area (Å²) in [4.78, 5) is 4.44. The van der Waals surface area contributed by atoms with E-state index >= 15 is 0 Å². The van der Waals surface area contributed by atoms with Gasteiger partial charge in [0.05, 0.1) is 6.54 Å². The highest BCUT2D eigenvalue weighted by Crippen LogP contribution is 2.08. The van der Waals surface area contributed by atoms with Crippen LogP contribution in [0.25, 0.3) is 0 Å². The predicted molar refractivity (Wildman–Crippen MR) is 77.7 cm³/mol. The molecule has 0 saturated heterocycles. The maximum Gasteiger partial charge on any atom is 0.128 e. The second-order valence-electron chi connectivity index (χ2n) is 3.97. The van der Waals surface area contributed by atoms with Gasteiger partial charge in [-0.2, -0.15) is 0 Å². The Morgan fingerprint density at radius 2 is 1.94 bits per heavy atom. The first-order chi connectivity index (χ1) is 7.29. The normalized spacial score (nSPS) is 17.5. The predicted octanol–water partition coefficient (Wildman–Crippen LogP) is 1.77. The van der Waals surface area contributed by atoms with Crippen LogP contribution >= 0.6 is 24.8 Å². The lowest BCUT2D eigenvalue weighted by atomic mass is 10.1. The Morgan fingerprint density at radius 1 is 1.29 bits per heavy atom. The highest BCUT2D eigenvalue weighted by molar-refractivity contribution is 6.00. The summed E-state index contributed by atoms with van der Waals surface area (Å²) < 4.78 is 0. The molecule has 0 fully saturated rings. The summed E-state index contributed by atoms with van der Waals surface area (Å²) in [7, 11) is 0. The quantitative estimate of drug-likeness (QED) is 0.884. The van der Waals surface area contributed by atoms with Gasteiger partial charge in [-0.15, -0.1) is 24.8 Å². The summed E-state index contributed by atoms with van der Waals surface area (Å²) >= 11 is 0. The van der Waals surface area contributed by atoms with Crippen molar-refractivity contribution in [1.29, 1.82) is 0 Å². The van der Waals surface area contributed by atoms with Crippen LogP contribution in [-0.4, -0.2) is 25.0 Å². The third kappa shape index (κ3) is 4.19. The van der Waals surface area contributed by atoms with Gasteiger partial charge in [0.25, 0.3) is 0 Å². The van der Waals surface area contributed by atoms with E-state index < -0.39 is 0 Å². The van der Waals surface area contributed by atoms with E-state index in [2.05, 4.69) is 41.5 Å². The van der Waals surface area contributed by atoms with Crippen LogP contribution in [0.3, 0.4) is 0 Å². The molecule has 1 atom stereocenters. The molecule has 0 aliphatic carbocycles. The molecular weight excluding hydrogens is 257 g/mol. The highest BCUT2D eigenvalue weighted by atomic mass is 35.5. The summed E-state index contributed by atoms with van der Waals surface area (Å²) in [5.41, 5.74) is 7.95. The molecule has 0 aromatic heterocycles. The van der Waals surface area contributed by atoms with Crippen LogP contribution in [0.1, 0.15) is 18.1 Å². The maximum absolute atomic E-state index is 5.50. The summed E-state index contributed by atoms with van der Waals surface area (Å²) in [5.74, 6) is 1.02. The van der Waals surface area contributed by atoms with E-state index in [1.54, 1.807) is 0 Å². The fraction of sp³-hybridized carbons (Fsp3) is 0.417. The molecule has 1 heterocycles. The number of nitrogens with one attached hydrogen (secondary N) is 1. The molecule has 5 heteroatoms. The number of aliphatic imine (C=N–C) groups is 1. The summed E-state index contributed by atoms with van der Waals surface area (Å²) in [6.07, 6.45) is 0.941. The molecule has 3 nitrogen and oxygen atoms in total. The van der Waals surface area contributed by atoms with E-state index in [0.717, 1.165) is 18.8 Å². The largest absolute Gasteiger partial charge is 0.366 e. The van der Waals surface area contributed by atoms with Crippen LogP contribution in [0, 0.1) is 0 Å². The highest BCUT2D eigenvalue weighted by Gasteiger charge is 2.13. The fourth-order valence-electron chi connectivity index (χ4n) is 1.72. The van der Waals surface area contributed by atoms with Gasteiger partial charge in [0.1, 0.15) is 5.84 Å². The Morgan fingerprint density at radius 3 is 2.41 bits per heavy atom. The van der Waals surface area contributed by atoms with Crippen molar-refractivity contribution in [2.75, 3.05) is 13.1 Å². The minimum absolute atomic E-state index is 0. The molecular formula is C12H19Cl2N3. The lowest BCUT2D eigenvalue weighted by Gasteiger charge is -2.06. The summed E-state index contributed by atoms with van der Waals surface area (Å²) in [5, 5.41) is 3.35. The average Bonchev–Trinajstić information content (AvgIpc) is 2.67. The first kappa shape index (κ1) is 16.2. The molecule has 1 aliphatic rings. The average molecular weight is 276 g/mol. The van der Waals surface area contributed by atoms with Gasteiger partial charge in [-0.1, -0.05) is 24.3 Å². The van der Waals surface area contributed by atoms with Crippen molar-refractivity contribution in [3.63, 3.8) is 0 Å². The van der Waals surface area contributed by atoms with Crippen molar-refractivity contribution in [2.45, 2.75) is 19.4 Å². The Kier molecular flexibility index (Phi) is 7.19. The third-order valence-electron chi connectivity index (χ3n) is 2.57. The van der Waals surface area contributed by atoms with Crippen molar-refractivity contribution in [3.8, 4) is 0 Å². The second kappa shape index (κ2) is 7.54. The molecule has 1 aliphatic heterocycles. The van der Waals surface area contributed by atoms with Gasteiger partial charge in [-0.05, 0) is 25.5 Å². The van der Waals surface area contributed by atoms with Crippen molar-refractivity contribution < 1.29 is 0 Å². The van der Waals surface area contributed by atoms with Gasteiger partial charge < -0.3 is 11.1 Å². The van der Waals surface area contributed by atoms with Gasteiger partial charge in [-0.3, -0.25) is 4.99 Å². The molecule has 0 saturated carbocycles. The van der Waals surface area contributed by atoms with Gasteiger partial charge in [0.15, 0.2) is 0 Å². The van der Waals surface area contributed by atoms with Crippen LogP contribution in [0.4, 0.5) is 0 Å². The third-order valence-corrected chi connectivity index (χ3v) is 2.57. The van der Waals surface area contributed by atoms with Crippen molar-refractivity contribution >= 4 is 30.6 Å². The molecule has 0 amide bonds. The van der Waals surface area contributed by atoms with E-state index in [1.165, 1.54) is 11.1 Å².